The summed E-state index contributed by atoms with van der Waals surface area (Å²) in [6.07, 6.45) is 0.969. The molecule has 0 heterocycles. The fourth-order valence-electron chi connectivity index (χ4n) is 2.50. The van der Waals surface area contributed by atoms with Gasteiger partial charge in [-0.3, -0.25) is 0 Å². The first-order valence-corrected chi connectivity index (χ1v) is 6.60. The van der Waals surface area contributed by atoms with Crippen LogP contribution in [0.2, 0.25) is 0 Å². The van der Waals surface area contributed by atoms with E-state index in [1.54, 1.807) is 0 Å². The summed E-state index contributed by atoms with van der Waals surface area (Å²) < 4.78 is 0. The van der Waals surface area contributed by atoms with Gasteiger partial charge in [0.25, 0.3) is 0 Å². The first kappa shape index (κ1) is 11.8. The van der Waals surface area contributed by atoms with Crippen molar-refractivity contribution in [3.05, 3.63) is 77.9 Å². The van der Waals surface area contributed by atoms with Gasteiger partial charge in [-0.05, 0) is 40.5 Å². The summed E-state index contributed by atoms with van der Waals surface area (Å²) in [6, 6.07) is 23.6. The van der Waals surface area contributed by atoms with Gasteiger partial charge in [-0.1, -0.05) is 54.6 Å². The van der Waals surface area contributed by atoms with E-state index in [-0.39, 0.29) is 0 Å². The Balaban J connectivity index is 2.11. The summed E-state index contributed by atoms with van der Waals surface area (Å²) in [6.45, 7) is 0. The Kier molecular flexibility index (Phi) is 3.20. The van der Waals surface area contributed by atoms with Gasteiger partial charge in [-0.15, -0.1) is 0 Å². The molecule has 0 saturated heterocycles. The second-order valence-electron chi connectivity index (χ2n) is 4.77. The highest BCUT2D eigenvalue weighted by atomic mass is 14.8. The second-order valence-corrected chi connectivity index (χ2v) is 4.77. The summed E-state index contributed by atoms with van der Waals surface area (Å²) >= 11 is 0. The maximum Gasteiger partial charge on any atom is 0.0346 e. The van der Waals surface area contributed by atoms with Crippen molar-refractivity contribution in [3.63, 3.8) is 0 Å². The van der Waals surface area contributed by atoms with Crippen LogP contribution in [0.4, 0.5) is 5.69 Å². The zero-order valence-corrected chi connectivity index (χ0v) is 11.1. The molecule has 0 aliphatic heterocycles. The van der Waals surface area contributed by atoms with Crippen LogP contribution in [-0.2, 0) is 6.42 Å². The third-order valence-electron chi connectivity index (χ3n) is 3.47. The number of nitrogens with one attached hydrogen (secondary N) is 1. The van der Waals surface area contributed by atoms with Crippen LogP contribution in [0.3, 0.4) is 0 Å². The molecular formula is C18H17N. The Hall–Kier alpha value is -2.28. The first-order chi connectivity index (χ1) is 9.36. The molecule has 0 bridgehead atoms. The molecule has 3 aromatic carbocycles. The standard InChI is InChI=1S/C18H17N/c1-19-17-12-15-9-5-6-10-18(15)16(13-17)11-14-7-3-2-4-8-14/h2-10,12-13,19H,11H2,1H3. The van der Waals surface area contributed by atoms with Crippen molar-refractivity contribution >= 4 is 16.5 Å². The van der Waals surface area contributed by atoms with E-state index in [4.69, 9.17) is 0 Å². The van der Waals surface area contributed by atoms with E-state index < -0.39 is 0 Å². The number of hydrogen-bond acceptors (Lipinski definition) is 1. The van der Waals surface area contributed by atoms with Crippen molar-refractivity contribution in [3.8, 4) is 0 Å². The van der Waals surface area contributed by atoms with Crippen LogP contribution in [0.15, 0.2) is 66.7 Å². The molecule has 0 radical (unpaired) electrons. The molecule has 0 aliphatic rings. The molecule has 0 saturated carbocycles. The van der Waals surface area contributed by atoms with Crippen LogP contribution in [0.1, 0.15) is 11.1 Å². The Bertz CT molecular complexity index is 686. The van der Waals surface area contributed by atoms with Crippen LogP contribution < -0.4 is 5.32 Å². The summed E-state index contributed by atoms with van der Waals surface area (Å²) in [5, 5.41) is 5.88. The Morgan fingerprint density at radius 2 is 1.58 bits per heavy atom. The van der Waals surface area contributed by atoms with Crippen LogP contribution in [0, 0.1) is 0 Å². The fourth-order valence-corrected chi connectivity index (χ4v) is 2.50. The summed E-state index contributed by atoms with van der Waals surface area (Å²) in [4.78, 5) is 0. The lowest BCUT2D eigenvalue weighted by Gasteiger charge is -2.10. The smallest absolute Gasteiger partial charge is 0.0346 e. The maximum absolute atomic E-state index is 3.25. The van der Waals surface area contributed by atoms with Crippen molar-refractivity contribution in [2.24, 2.45) is 0 Å². The van der Waals surface area contributed by atoms with Gasteiger partial charge in [0, 0.05) is 12.7 Å². The van der Waals surface area contributed by atoms with Gasteiger partial charge in [0.1, 0.15) is 0 Å². The van der Waals surface area contributed by atoms with E-state index >= 15 is 0 Å². The molecular weight excluding hydrogens is 230 g/mol. The van der Waals surface area contributed by atoms with E-state index in [2.05, 4.69) is 72.0 Å². The van der Waals surface area contributed by atoms with Crippen molar-refractivity contribution in [2.75, 3.05) is 12.4 Å². The highest BCUT2D eigenvalue weighted by Gasteiger charge is 2.04. The van der Waals surface area contributed by atoms with Gasteiger partial charge in [-0.25, -0.2) is 0 Å². The van der Waals surface area contributed by atoms with Gasteiger partial charge in [0.2, 0.25) is 0 Å². The minimum Gasteiger partial charge on any atom is -0.388 e. The van der Waals surface area contributed by atoms with Crippen molar-refractivity contribution < 1.29 is 0 Å². The highest BCUT2D eigenvalue weighted by Crippen LogP contribution is 2.25. The molecule has 19 heavy (non-hydrogen) atoms. The Morgan fingerprint density at radius 1 is 0.842 bits per heavy atom. The molecule has 0 atom stereocenters. The molecule has 94 valence electrons. The summed E-state index contributed by atoms with van der Waals surface area (Å²) in [5.41, 5.74) is 3.89. The molecule has 3 aromatic rings. The summed E-state index contributed by atoms with van der Waals surface area (Å²) in [5.74, 6) is 0. The predicted octanol–water partition coefficient (Wildman–Crippen LogP) is 4.47. The van der Waals surface area contributed by atoms with Crippen molar-refractivity contribution in [2.45, 2.75) is 6.42 Å². The first-order valence-electron chi connectivity index (χ1n) is 6.60. The van der Waals surface area contributed by atoms with Crippen LogP contribution in [-0.4, -0.2) is 7.05 Å². The molecule has 0 aliphatic carbocycles. The number of rotatable bonds is 3. The minimum atomic E-state index is 0.969. The van der Waals surface area contributed by atoms with Gasteiger partial charge in [0.15, 0.2) is 0 Å². The fraction of sp³-hybridized carbons (Fsp3) is 0.111. The lowest BCUT2D eigenvalue weighted by atomic mass is 9.97. The van der Waals surface area contributed by atoms with Crippen LogP contribution in [0.25, 0.3) is 10.8 Å². The molecule has 0 aromatic heterocycles. The normalized spacial score (nSPS) is 10.6. The van der Waals surface area contributed by atoms with Crippen LogP contribution >= 0.6 is 0 Å². The SMILES string of the molecule is CNc1cc(Cc2ccccc2)c2ccccc2c1. The monoisotopic (exact) mass is 247 g/mol. The highest BCUT2D eigenvalue weighted by molar-refractivity contribution is 5.89. The minimum absolute atomic E-state index is 0.969. The number of hydrogen-bond donors (Lipinski definition) is 1. The van der Waals surface area contributed by atoms with E-state index in [0.717, 1.165) is 6.42 Å². The predicted molar refractivity (Wildman–Crippen MR) is 82.7 cm³/mol. The van der Waals surface area contributed by atoms with Crippen molar-refractivity contribution in [1.29, 1.82) is 0 Å². The van der Waals surface area contributed by atoms with Gasteiger partial charge in [-0.2, -0.15) is 0 Å². The lowest BCUT2D eigenvalue weighted by Crippen LogP contribution is -1.94. The second kappa shape index (κ2) is 5.15. The average Bonchev–Trinajstić information content (AvgIpc) is 2.48. The van der Waals surface area contributed by atoms with Gasteiger partial charge >= 0.3 is 0 Å². The lowest BCUT2D eigenvalue weighted by molar-refractivity contribution is 1.21. The van der Waals surface area contributed by atoms with Crippen molar-refractivity contribution in [1.82, 2.24) is 0 Å². The topological polar surface area (TPSA) is 12.0 Å². The number of benzene rings is 3. The molecule has 1 nitrogen and oxygen atoms in total. The third-order valence-corrected chi connectivity index (χ3v) is 3.47. The molecule has 0 amide bonds. The number of fused-ring (bicyclic) bond motifs is 1. The zero-order valence-electron chi connectivity index (χ0n) is 11.1. The van der Waals surface area contributed by atoms with E-state index in [1.165, 1.54) is 27.6 Å². The molecule has 0 spiro atoms. The average molecular weight is 247 g/mol. The van der Waals surface area contributed by atoms with E-state index in [9.17, 15) is 0 Å². The third kappa shape index (κ3) is 2.45. The molecule has 1 heteroatoms. The van der Waals surface area contributed by atoms with E-state index in [1.807, 2.05) is 7.05 Å². The van der Waals surface area contributed by atoms with Crippen LogP contribution in [0.5, 0.6) is 0 Å². The summed E-state index contributed by atoms with van der Waals surface area (Å²) in [7, 11) is 1.97. The zero-order chi connectivity index (χ0) is 13.1. The Morgan fingerprint density at radius 3 is 2.37 bits per heavy atom. The van der Waals surface area contributed by atoms with Gasteiger partial charge < -0.3 is 5.32 Å². The number of anilines is 1. The van der Waals surface area contributed by atoms with Gasteiger partial charge in [0.05, 0.1) is 0 Å². The molecule has 0 fully saturated rings. The quantitative estimate of drug-likeness (QED) is 0.720. The molecule has 1 N–H and O–H groups in total. The maximum atomic E-state index is 3.25. The Labute approximate surface area is 113 Å². The molecule has 3 rings (SSSR count). The largest absolute Gasteiger partial charge is 0.388 e. The molecule has 0 unspecified atom stereocenters. The van der Waals surface area contributed by atoms with E-state index in [0.29, 0.717) is 0 Å².